The van der Waals surface area contributed by atoms with Crippen LogP contribution in [0.5, 0.6) is 5.75 Å². The molecule has 1 aromatic heterocycles. The summed E-state index contributed by atoms with van der Waals surface area (Å²) in [6, 6.07) is 7.37. The second-order valence-corrected chi connectivity index (χ2v) is 9.72. The summed E-state index contributed by atoms with van der Waals surface area (Å²) in [6.07, 6.45) is 23.4. The van der Waals surface area contributed by atoms with Crippen LogP contribution in [0.1, 0.15) is 127 Å². The Kier molecular flexibility index (Phi) is 16.3. The number of rotatable bonds is 21. The molecule has 0 N–H and O–H groups in total. The summed E-state index contributed by atoms with van der Waals surface area (Å²) >= 11 is 0. The molecule has 0 fully saturated rings. The summed E-state index contributed by atoms with van der Waals surface area (Å²) in [7, 11) is 0. The molecule has 0 aliphatic carbocycles. The number of benzene rings is 1. The molecule has 0 radical (unpaired) electrons. The molecule has 0 spiro atoms. The van der Waals surface area contributed by atoms with Gasteiger partial charge in [-0.25, -0.2) is 14.8 Å². The molecule has 36 heavy (non-hydrogen) atoms. The van der Waals surface area contributed by atoms with Crippen molar-refractivity contribution in [2.24, 2.45) is 0 Å². The molecule has 0 saturated carbocycles. The first-order valence-electron chi connectivity index (χ1n) is 14.5. The van der Waals surface area contributed by atoms with Crippen LogP contribution in [-0.4, -0.2) is 29.2 Å². The van der Waals surface area contributed by atoms with E-state index in [2.05, 4.69) is 23.8 Å². The molecule has 200 valence electrons. The van der Waals surface area contributed by atoms with Crippen molar-refractivity contribution < 1.29 is 14.3 Å². The lowest BCUT2D eigenvalue weighted by atomic mass is 10.1. The quantitative estimate of drug-likeness (QED) is 0.127. The highest BCUT2D eigenvalue weighted by atomic mass is 16.5. The van der Waals surface area contributed by atoms with Crippen LogP contribution in [0.4, 0.5) is 0 Å². The fourth-order valence-corrected chi connectivity index (χ4v) is 4.29. The van der Waals surface area contributed by atoms with E-state index in [-0.39, 0.29) is 5.97 Å². The second-order valence-electron chi connectivity index (χ2n) is 9.72. The molecule has 2 rings (SSSR count). The van der Waals surface area contributed by atoms with E-state index in [4.69, 9.17) is 9.47 Å². The number of nitrogens with zero attached hydrogens (tertiary/aromatic N) is 2. The zero-order valence-corrected chi connectivity index (χ0v) is 22.8. The monoisotopic (exact) mass is 496 g/mol. The van der Waals surface area contributed by atoms with Crippen LogP contribution in [0, 0.1) is 0 Å². The Morgan fingerprint density at radius 3 is 1.75 bits per heavy atom. The van der Waals surface area contributed by atoms with Crippen molar-refractivity contribution in [2.75, 3.05) is 13.2 Å². The van der Waals surface area contributed by atoms with Crippen molar-refractivity contribution in [3.8, 4) is 17.1 Å². The summed E-state index contributed by atoms with van der Waals surface area (Å²) in [5, 5.41) is 0. The summed E-state index contributed by atoms with van der Waals surface area (Å²) in [5.41, 5.74) is 1.19. The first-order chi connectivity index (χ1) is 17.8. The number of unbranched alkanes of at least 4 members (excludes halogenated alkanes) is 14. The predicted octanol–water partition coefficient (Wildman–Crippen LogP) is 8.96. The number of ether oxygens (including phenoxy) is 2. The SMILES string of the molecule is CCCCCCCCCCCCOc1cnc(-c2ccccc2C(=O)OCCCCCCCC)nc1. The third kappa shape index (κ3) is 12.5. The van der Waals surface area contributed by atoms with Gasteiger partial charge in [0.1, 0.15) is 0 Å². The highest BCUT2D eigenvalue weighted by molar-refractivity contribution is 5.96. The highest BCUT2D eigenvalue weighted by Crippen LogP contribution is 2.22. The number of carbonyl (C=O) groups is 1. The molecule has 0 atom stereocenters. The molecule has 0 aliphatic heterocycles. The number of aromatic nitrogens is 2. The van der Waals surface area contributed by atoms with Gasteiger partial charge in [0.15, 0.2) is 11.6 Å². The van der Waals surface area contributed by atoms with Gasteiger partial charge in [0.05, 0.1) is 31.2 Å². The molecule has 1 aromatic carbocycles. The third-order valence-corrected chi connectivity index (χ3v) is 6.51. The van der Waals surface area contributed by atoms with E-state index >= 15 is 0 Å². The van der Waals surface area contributed by atoms with Crippen molar-refractivity contribution >= 4 is 5.97 Å². The van der Waals surface area contributed by atoms with Gasteiger partial charge in [-0.3, -0.25) is 0 Å². The molecule has 2 aromatic rings. The standard InChI is InChI=1S/C31H48N2O3/c1-3-5-7-9-11-12-13-14-16-19-23-35-27-25-32-30(33-26-27)28-21-17-18-22-29(28)31(34)36-24-20-15-10-8-6-4-2/h17-18,21-22,25-26H,3-16,19-20,23-24H2,1-2H3. The summed E-state index contributed by atoms with van der Waals surface area (Å²) in [5.74, 6) is 0.857. The van der Waals surface area contributed by atoms with Crippen LogP contribution >= 0.6 is 0 Å². The molecular formula is C31H48N2O3. The van der Waals surface area contributed by atoms with Gasteiger partial charge in [0, 0.05) is 5.56 Å². The van der Waals surface area contributed by atoms with E-state index in [1.54, 1.807) is 18.5 Å². The van der Waals surface area contributed by atoms with E-state index in [1.807, 2.05) is 18.2 Å². The molecule has 0 bridgehead atoms. The lowest BCUT2D eigenvalue weighted by Gasteiger charge is -2.10. The Balaban J connectivity index is 1.69. The fraction of sp³-hybridized carbons (Fsp3) is 0.645. The van der Waals surface area contributed by atoms with Crippen LogP contribution in [0.25, 0.3) is 11.4 Å². The largest absolute Gasteiger partial charge is 0.490 e. The van der Waals surface area contributed by atoms with Gasteiger partial charge >= 0.3 is 5.97 Å². The normalized spacial score (nSPS) is 10.9. The molecule has 0 amide bonds. The lowest BCUT2D eigenvalue weighted by Crippen LogP contribution is -2.09. The van der Waals surface area contributed by atoms with Crippen LogP contribution < -0.4 is 4.74 Å². The van der Waals surface area contributed by atoms with Crippen LogP contribution in [0.15, 0.2) is 36.7 Å². The second kappa shape index (κ2) is 19.7. The molecule has 5 nitrogen and oxygen atoms in total. The fourth-order valence-electron chi connectivity index (χ4n) is 4.29. The first kappa shape index (κ1) is 29.8. The van der Waals surface area contributed by atoms with E-state index in [0.29, 0.717) is 35.9 Å². The number of hydrogen-bond acceptors (Lipinski definition) is 5. The van der Waals surface area contributed by atoms with E-state index < -0.39 is 0 Å². The Morgan fingerprint density at radius 1 is 0.667 bits per heavy atom. The summed E-state index contributed by atoms with van der Waals surface area (Å²) in [4.78, 5) is 21.6. The minimum Gasteiger partial charge on any atom is -0.490 e. The van der Waals surface area contributed by atoms with Crippen LogP contribution in [0.3, 0.4) is 0 Å². The Morgan fingerprint density at radius 2 is 1.17 bits per heavy atom. The van der Waals surface area contributed by atoms with Crippen molar-refractivity contribution in [1.82, 2.24) is 9.97 Å². The average molecular weight is 497 g/mol. The van der Waals surface area contributed by atoms with Gasteiger partial charge in [0.2, 0.25) is 0 Å². The minimum absolute atomic E-state index is 0.316. The molecule has 5 heteroatoms. The molecule has 0 aliphatic rings. The Labute approximate surface area is 219 Å². The van der Waals surface area contributed by atoms with Crippen molar-refractivity contribution in [3.63, 3.8) is 0 Å². The van der Waals surface area contributed by atoms with Crippen molar-refractivity contribution in [2.45, 2.75) is 117 Å². The van der Waals surface area contributed by atoms with Gasteiger partial charge < -0.3 is 9.47 Å². The Bertz CT molecular complexity index is 823. The molecule has 0 unspecified atom stereocenters. The number of hydrogen-bond donors (Lipinski definition) is 0. The van der Waals surface area contributed by atoms with Crippen molar-refractivity contribution in [1.29, 1.82) is 0 Å². The van der Waals surface area contributed by atoms with Crippen LogP contribution in [0.2, 0.25) is 0 Å². The van der Waals surface area contributed by atoms with E-state index in [1.165, 1.54) is 83.5 Å². The topological polar surface area (TPSA) is 61.3 Å². The predicted molar refractivity (Wildman–Crippen MR) is 148 cm³/mol. The zero-order valence-electron chi connectivity index (χ0n) is 22.8. The van der Waals surface area contributed by atoms with E-state index in [9.17, 15) is 4.79 Å². The maximum Gasteiger partial charge on any atom is 0.338 e. The third-order valence-electron chi connectivity index (χ3n) is 6.51. The van der Waals surface area contributed by atoms with Gasteiger partial charge in [0.25, 0.3) is 0 Å². The molecule has 0 saturated heterocycles. The number of esters is 1. The van der Waals surface area contributed by atoms with Gasteiger partial charge in [-0.05, 0) is 18.9 Å². The zero-order chi connectivity index (χ0) is 25.7. The smallest absolute Gasteiger partial charge is 0.338 e. The highest BCUT2D eigenvalue weighted by Gasteiger charge is 2.15. The first-order valence-corrected chi connectivity index (χ1v) is 14.5. The summed E-state index contributed by atoms with van der Waals surface area (Å²) < 4.78 is 11.4. The van der Waals surface area contributed by atoms with Crippen LogP contribution in [-0.2, 0) is 4.74 Å². The molecule has 1 heterocycles. The maximum absolute atomic E-state index is 12.7. The average Bonchev–Trinajstić information content (AvgIpc) is 2.91. The maximum atomic E-state index is 12.7. The minimum atomic E-state index is -0.316. The van der Waals surface area contributed by atoms with Gasteiger partial charge in [-0.2, -0.15) is 0 Å². The summed E-state index contributed by atoms with van der Waals surface area (Å²) in [6.45, 7) is 5.60. The van der Waals surface area contributed by atoms with Crippen molar-refractivity contribution in [3.05, 3.63) is 42.2 Å². The van der Waals surface area contributed by atoms with E-state index in [0.717, 1.165) is 19.3 Å². The van der Waals surface area contributed by atoms with Gasteiger partial charge in [-0.15, -0.1) is 0 Å². The Hall–Kier alpha value is -2.43. The number of carbonyl (C=O) groups excluding carboxylic acids is 1. The molecular weight excluding hydrogens is 448 g/mol. The van der Waals surface area contributed by atoms with Gasteiger partial charge in [-0.1, -0.05) is 122 Å². The lowest BCUT2D eigenvalue weighted by molar-refractivity contribution is 0.0498.